The number of nitriles is 1. The number of hydrogen-bond donors (Lipinski definition) is 0. The van der Waals surface area contributed by atoms with Gasteiger partial charge in [0, 0.05) is 0 Å². The summed E-state index contributed by atoms with van der Waals surface area (Å²) in [7, 11) is 0. The molecular formula is C12H12F3N. The van der Waals surface area contributed by atoms with E-state index in [1.807, 2.05) is 13.8 Å². The van der Waals surface area contributed by atoms with Gasteiger partial charge >= 0.3 is 6.18 Å². The van der Waals surface area contributed by atoms with Crippen molar-refractivity contribution in [2.75, 3.05) is 0 Å². The van der Waals surface area contributed by atoms with Crippen LogP contribution in [-0.2, 0) is 0 Å². The minimum atomic E-state index is -4.51. The fourth-order valence-electron chi connectivity index (χ4n) is 1.41. The standard InChI is InChI=1S/C12H12F3N/c1-8(2)9-3-5-10(6-4-9)11(7-16)12(13,14)15/h3-6,8,11H,1-2H3. The highest BCUT2D eigenvalue weighted by molar-refractivity contribution is 5.31. The van der Waals surface area contributed by atoms with Crippen LogP contribution in [-0.4, -0.2) is 6.18 Å². The second-order valence-corrected chi connectivity index (χ2v) is 3.93. The first kappa shape index (κ1) is 12.6. The van der Waals surface area contributed by atoms with Crippen LogP contribution in [0.15, 0.2) is 24.3 Å². The van der Waals surface area contributed by atoms with Crippen molar-refractivity contribution in [3.8, 4) is 6.07 Å². The number of rotatable bonds is 2. The lowest BCUT2D eigenvalue weighted by molar-refractivity contribution is -0.137. The minimum absolute atomic E-state index is 0.000556. The molecule has 0 aliphatic heterocycles. The molecule has 1 atom stereocenters. The Morgan fingerprint density at radius 1 is 1.06 bits per heavy atom. The molecule has 86 valence electrons. The van der Waals surface area contributed by atoms with E-state index >= 15 is 0 Å². The maximum absolute atomic E-state index is 12.4. The van der Waals surface area contributed by atoms with Gasteiger partial charge < -0.3 is 0 Å². The monoisotopic (exact) mass is 227 g/mol. The summed E-state index contributed by atoms with van der Waals surface area (Å²) < 4.78 is 37.3. The van der Waals surface area contributed by atoms with Gasteiger partial charge in [0.1, 0.15) is 0 Å². The Bertz CT molecular complexity index is 384. The van der Waals surface area contributed by atoms with Crippen molar-refractivity contribution in [3.63, 3.8) is 0 Å². The van der Waals surface area contributed by atoms with E-state index in [1.165, 1.54) is 18.2 Å². The molecule has 0 saturated heterocycles. The van der Waals surface area contributed by atoms with E-state index in [1.54, 1.807) is 12.1 Å². The molecule has 4 heteroatoms. The van der Waals surface area contributed by atoms with E-state index in [-0.39, 0.29) is 11.5 Å². The molecule has 0 spiro atoms. The van der Waals surface area contributed by atoms with Crippen molar-refractivity contribution in [1.82, 2.24) is 0 Å². The lowest BCUT2D eigenvalue weighted by Gasteiger charge is -2.14. The topological polar surface area (TPSA) is 23.8 Å². The van der Waals surface area contributed by atoms with Gasteiger partial charge in [0.05, 0.1) is 6.07 Å². The van der Waals surface area contributed by atoms with E-state index in [2.05, 4.69) is 0 Å². The highest BCUT2D eigenvalue weighted by atomic mass is 19.4. The Labute approximate surface area is 92.5 Å². The fourth-order valence-corrected chi connectivity index (χ4v) is 1.41. The molecule has 0 bridgehead atoms. The van der Waals surface area contributed by atoms with Crippen LogP contribution in [0.4, 0.5) is 13.2 Å². The van der Waals surface area contributed by atoms with Gasteiger partial charge in [-0.2, -0.15) is 18.4 Å². The molecule has 1 nitrogen and oxygen atoms in total. The fraction of sp³-hybridized carbons (Fsp3) is 0.417. The second kappa shape index (κ2) is 4.56. The number of alkyl halides is 3. The summed E-state index contributed by atoms with van der Waals surface area (Å²) in [4.78, 5) is 0. The summed E-state index contributed by atoms with van der Waals surface area (Å²) in [6.07, 6.45) is -4.51. The summed E-state index contributed by atoms with van der Waals surface area (Å²) >= 11 is 0. The molecule has 1 rings (SSSR count). The number of nitrogens with zero attached hydrogens (tertiary/aromatic N) is 1. The molecule has 0 saturated carbocycles. The maximum atomic E-state index is 12.4. The smallest absolute Gasteiger partial charge is 0.197 e. The largest absolute Gasteiger partial charge is 0.408 e. The van der Waals surface area contributed by atoms with Crippen LogP contribution in [0.3, 0.4) is 0 Å². The summed E-state index contributed by atoms with van der Waals surface area (Å²) in [6, 6.07) is 7.30. The van der Waals surface area contributed by atoms with E-state index in [9.17, 15) is 13.2 Å². The lowest BCUT2D eigenvalue weighted by atomic mass is 9.96. The third kappa shape index (κ3) is 2.75. The van der Waals surface area contributed by atoms with E-state index in [0.29, 0.717) is 0 Å². The Balaban J connectivity index is 3.02. The third-order valence-corrected chi connectivity index (χ3v) is 2.39. The van der Waals surface area contributed by atoms with Crippen LogP contribution in [0.2, 0.25) is 0 Å². The van der Waals surface area contributed by atoms with Crippen LogP contribution >= 0.6 is 0 Å². The van der Waals surface area contributed by atoms with Gasteiger partial charge in [0.15, 0.2) is 5.92 Å². The Morgan fingerprint density at radius 2 is 1.50 bits per heavy atom. The van der Waals surface area contributed by atoms with Gasteiger partial charge in [-0.25, -0.2) is 0 Å². The van der Waals surface area contributed by atoms with Crippen LogP contribution in [0.25, 0.3) is 0 Å². The zero-order valence-corrected chi connectivity index (χ0v) is 9.05. The lowest BCUT2D eigenvalue weighted by Crippen LogP contribution is -2.19. The van der Waals surface area contributed by atoms with Crippen LogP contribution in [0.5, 0.6) is 0 Å². The normalized spacial score (nSPS) is 13.6. The van der Waals surface area contributed by atoms with Crippen molar-refractivity contribution >= 4 is 0 Å². The molecule has 0 fully saturated rings. The van der Waals surface area contributed by atoms with Crippen molar-refractivity contribution < 1.29 is 13.2 Å². The second-order valence-electron chi connectivity index (χ2n) is 3.93. The van der Waals surface area contributed by atoms with E-state index < -0.39 is 12.1 Å². The predicted octanol–water partition coefficient (Wildman–Crippen LogP) is 3.98. The van der Waals surface area contributed by atoms with Crippen LogP contribution < -0.4 is 0 Å². The minimum Gasteiger partial charge on any atom is -0.197 e. The van der Waals surface area contributed by atoms with Crippen LogP contribution in [0.1, 0.15) is 36.8 Å². The van der Waals surface area contributed by atoms with Crippen molar-refractivity contribution in [3.05, 3.63) is 35.4 Å². The molecular weight excluding hydrogens is 215 g/mol. The third-order valence-electron chi connectivity index (χ3n) is 2.39. The molecule has 0 amide bonds. The van der Waals surface area contributed by atoms with Gasteiger partial charge in [-0.3, -0.25) is 0 Å². The molecule has 1 aromatic carbocycles. The summed E-state index contributed by atoms with van der Waals surface area (Å²) in [5.74, 6) is -1.77. The van der Waals surface area contributed by atoms with Gasteiger partial charge in [-0.15, -0.1) is 0 Å². The molecule has 1 unspecified atom stereocenters. The molecule has 16 heavy (non-hydrogen) atoms. The van der Waals surface area contributed by atoms with Crippen molar-refractivity contribution in [1.29, 1.82) is 5.26 Å². The predicted molar refractivity (Wildman–Crippen MR) is 54.9 cm³/mol. The highest BCUT2D eigenvalue weighted by Gasteiger charge is 2.40. The van der Waals surface area contributed by atoms with Gasteiger partial charge in [0.25, 0.3) is 0 Å². The zero-order valence-electron chi connectivity index (χ0n) is 9.05. The van der Waals surface area contributed by atoms with Gasteiger partial charge in [0.2, 0.25) is 0 Å². The molecule has 0 N–H and O–H groups in total. The molecule has 0 radical (unpaired) electrons. The molecule has 0 aliphatic carbocycles. The summed E-state index contributed by atoms with van der Waals surface area (Å²) in [6.45, 7) is 3.92. The molecule has 1 aromatic rings. The van der Waals surface area contributed by atoms with Crippen molar-refractivity contribution in [2.45, 2.75) is 31.9 Å². The average molecular weight is 227 g/mol. The quantitative estimate of drug-likeness (QED) is 0.749. The average Bonchev–Trinajstić information content (AvgIpc) is 2.17. The first-order chi connectivity index (χ1) is 7.36. The summed E-state index contributed by atoms with van der Waals surface area (Å²) in [5.41, 5.74) is 0.960. The number of halogens is 3. The molecule has 0 aliphatic rings. The van der Waals surface area contributed by atoms with Gasteiger partial charge in [-0.1, -0.05) is 38.1 Å². The first-order valence-electron chi connectivity index (χ1n) is 4.92. The Morgan fingerprint density at radius 3 is 1.81 bits per heavy atom. The van der Waals surface area contributed by atoms with Gasteiger partial charge in [-0.05, 0) is 17.0 Å². The SMILES string of the molecule is CC(C)c1ccc(C(C#N)C(F)(F)F)cc1. The molecule has 0 aromatic heterocycles. The Hall–Kier alpha value is -1.50. The molecule has 0 heterocycles. The zero-order chi connectivity index (χ0) is 12.3. The first-order valence-corrected chi connectivity index (χ1v) is 4.92. The van der Waals surface area contributed by atoms with E-state index in [0.717, 1.165) is 5.56 Å². The maximum Gasteiger partial charge on any atom is 0.408 e. The number of hydrogen-bond acceptors (Lipinski definition) is 1. The Kier molecular flexibility index (Phi) is 3.58. The van der Waals surface area contributed by atoms with Crippen molar-refractivity contribution in [2.24, 2.45) is 0 Å². The summed E-state index contributed by atoms with van der Waals surface area (Å²) in [5, 5.41) is 8.52. The van der Waals surface area contributed by atoms with Crippen LogP contribution in [0, 0.1) is 11.3 Å². The highest BCUT2D eigenvalue weighted by Crippen LogP contribution is 2.34. The van der Waals surface area contributed by atoms with E-state index in [4.69, 9.17) is 5.26 Å². The number of benzene rings is 1.